The van der Waals surface area contributed by atoms with Gasteiger partial charge >= 0.3 is 0 Å². The lowest BCUT2D eigenvalue weighted by Gasteiger charge is -2.55. The number of amides is 1. The van der Waals surface area contributed by atoms with Gasteiger partial charge in [0.15, 0.2) is 0 Å². The van der Waals surface area contributed by atoms with Crippen LogP contribution in [-0.2, 0) is 16.6 Å². The van der Waals surface area contributed by atoms with Crippen LogP contribution in [0.2, 0.25) is 0 Å². The Hall–Kier alpha value is -1.95. The van der Waals surface area contributed by atoms with Crippen LogP contribution in [0.3, 0.4) is 0 Å². The van der Waals surface area contributed by atoms with Gasteiger partial charge in [0.05, 0.1) is 5.92 Å². The van der Waals surface area contributed by atoms with Gasteiger partial charge in [-0.1, -0.05) is 29.5 Å². The van der Waals surface area contributed by atoms with Gasteiger partial charge < -0.3 is 10.1 Å². The van der Waals surface area contributed by atoms with Crippen LogP contribution < -0.4 is 10.1 Å². The Morgan fingerprint density at radius 3 is 2.54 bits per heavy atom. The van der Waals surface area contributed by atoms with Crippen molar-refractivity contribution in [1.29, 1.82) is 0 Å². The minimum atomic E-state index is -0.179. The number of fused-ring (bicyclic) bond motifs is 1. The highest BCUT2D eigenvalue weighted by atomic mass is 32.1. The van der Waals surface area contributed by atoms with Crippen molar-refractivity contribution in [3.8, 4) is 5.75 Å². The van der Waals surface area contributed by atoms with Gasteiger partial charge in [-0.05, 0) is 74.3 Å². The first-order valence-corrected chi connectivity index (χ1v) is 11.3. The van der Waals surface area contributed by atoms with Crippen molar-refractivity contribution in [2.75, 3.05) is 11.9 Å². The van der Waals surface area contributed by atoms with Gasteiger partial charge in [0, 0.05) is 5.41 Å². The van der Waals surface area contributed by atoms with Crippen molar-refractivity contribution in [3.63, 3.8) is 0 Å². The summed E-state index contributed by atoms with van der Waals surface area (Å²) < 4.78 is 5.77. The van der Waals surface area contributed by atoms with E-state index in [1.54, 1.807) is 11.3 Å². The molecule has 2 aromatic rings. The van der Waals surface area contributed by atoms with E-state index < -0.39 is 0 Å². The monoisotopic (exact) mass is 395 g/mol. The third-order valence-electron chi connectivity index (χ3n) is 7.40. The SMILES string of the molecule is O=C(Nc1nnc(C23CC4CC(CC(C4)C2)C3)s1)C1COc2ccccc2C1. The lowest BCUT2D eigenvalue weighted by atomic mass is 9.50. The summed E-state index contributed by atoms with van der Waals surface area (Å²) in [5.74, 6) is 3.35. The van der Waals surface area contributed by atoms with E-state index in [2.05, 4.69) is 15.5 Å². The van der Waals surface area contributed by atoms with Gasteiger partial charge in [-0.3, -0.25) is 4.79 Å². The Bertz CT molecular complexity index is 889. The molecule has 2 heterocycles. The van der Waals surface area contributed by atoms with Crippen LogP contribution in [0.15, 0.2) is 24.3 Å². The molecular formula is C22H25N3O2S. The maximum absolute atomic E-state index is 12.8. The largest absolute Gasteiger partial charge is 0.492 e. The van der Waals surface area contributed by atoms with Crippen LogP contribution in [0, 0.1) is 23.7 Å². The van der Waals surface area contributed by atoms with Gasteiger partial charge in [-0.2, -0.15) is 0 Å². The molecule has 0 radical (unpaired) electrons. The van der Waals surface area contributed by atoms with E-state index in [-0.39, 0.29) is 17.2 Å². The molecule has 1 amide bonds. The molecule has 1 aromatic heterocycles. The average molecular weight is 396 g/mol. The summed E-state index contributed by atoms with van der Waals surface area (Å²) in [4.78, 5) is 12.8. The summed E-state index contributed by atoms with van der Waals surface area (Å²) in [5.41, 5.74) is 1.34. The number of hydrogen-bond acceptors (Lipinski definition) is 5. The highest BCUT2D eigenvalue weighted by molar-refractivity contribution is 7.15. The van der Waals surface area contributed by atoms with Crippen molar-refractivity contribution in [2.24, 2.45) is 23.7 Å². The molecule has 0 saturated heterocycles. The first-order chi connectivity index (χ1) is 13.7. The summed E-state index contributed by atoms with van der Waals surface area (Å²) in [5, 5.41) is 13.7. The number of para-hydroxylation sites is 1. The highest BCUT2D eigenvalue weighted by Gasteiger charge is 2.53. The summed E-state index contributed by atoms with van der Waals surface area (Å²) in [6.45, 7) is 0.420. The van der Waals surface area contributed by atoms with Crippen molar-refractivity contribution in [2.45, 2.75) is 50.4 Å². The molecule has 146 valence electrons. The predicted molar refractivity (Wildman–Crippen MR) is 108 cm³/mol. The summed E-state index contributed by atoms with van der Waals surface area (Å²) >= 11 is 1.60. The smallest absolute Gasteiger partial charge is 0.233 e. The first kappa shape index (κ1) is 17.0. The van der Waals surface area contributed by atoms with Crippen molar-refractivity contribution < 1.29 is 9.53 Å². The van der Waals surface area contributed by atoms with Gasteiger partial charge in [-0.25, -0.2) is 0 Å². The van der Waals surface area contributed by atoms with E-state index in [1.807, 2.05) is 24.3 Å². The fourth-order valence-electron chi connectivity index (χ4n) is 6.56. The Kier molecular flexibility index (Phi) is 3.80. The topological polar surface area (TPSA) is 64.1 Å². The van der Waals surface area contributed by atoms with Crippen LogP contribution in [-0.4, -0.2) is 22.7 Å². The highest BCUT2D eigenvalue weighted by Crippen LogP contribution is 2.61. The molecule has 1 atom stereocenters. The molecule has 4 bridgehead atoms. The number of aromatic nitrogens is 2. The van der Waals surface area contributed by atoms with E-state index in [4.69, 9.17) is 4.74 Å². The normalized spacial score (nSPS) is 35.3. The van der Waals surface area contributed by atoms with Gasteiger partial charge in [-0.15, -0.1) is 10.2 Å². The number of nitrogens with zero attached hydrogens (tertiary/aromatic N) is 2. The Morgan fingerprint density at radius 2 is 1.79 bits per heavy atom. The number of carbonyl (C=O) groups excluding carboxylic acids is 1. The standard InChI is InChI=1S/C22H25N3O2S/c26-19(17-8-16-3-1-2-4-18(16)27-12-17)23-21-25-24-20(28-21)22-9-13-5-14(10-22)7-15(6-13)11-22/h1-4,13-15,17H,5-12H2,(H,23,25,26). The van der Waals surface area contributed by atoms with E-state index in [9.17, 15) is 4.79 Å². The molecule has 28 heavy (non-hydrogen) atoms. The van der Waals surface area contributed by atoms with E-state index >= 15 is 0 Å². The zero-order valence-corrected chi connectivity index (χ0v) is 16.7. The molecule has 1 unspecified atom stereocenters. The van der Waals surface area contributed by atoms with Gasteiger partial charge in [0.1, 0.15) is 17.4 Å². The van der Waals surface area contributed by atoms with Crippen molar-refractivity contribution in [3.05, 3.63) is 34.8 Å². The quantitative estimate of drug-likeness (QED) is 0.846. The summed E-state index contributed by atoms with van der Waals surface area (Å²) in [6.07, 6.45) is 8.79. The number of hydrogen-bond donors (Lipinski definition) is 1. The number of rotatable bonds is 3. The van der Waals surface area contributed by atoms with Crippen molar-refractivity contribution in [1.82, 2.24) is 10.2 Å². The molecule has 1 aliphatic heterocycles. The van der Waals surface area contributed by atoms with E-state index in [0.29, 0.717) is 18.2 Å². The minimum absolute atomic E-state index is 0.0114. The Balaban J connectivity index is 1.17. The molecule has 5 nitrogen and oxygen atoms in total. The molecule has 6 heteroatoms. The molecule has 0 spiro atoms. The van der Waals surface area contributed by atoms with Crippen LogP contribution in [0.5, 0.6) is 5.75 Å². The third kappa shape index (κ3) is 2.76. The molecule has 5 aliphatic rings. The fourth-order valence-corrected chi connectivity index (χ4v) is 7.53. The molecule has 1 aromatic carbocycles. The third-order valence-corrected chi connectivity index (χ3v) is 8.48. The molecule has 4 aliphatic carbocycles. The predicted octanol–water partition coefficient (Wildman–Crippen LogP) is 4.20. The average Bonchev–Trinajstić information content (AvgIpc) is 3.16. The van der Waals surface area contributed by atoms with Gasteiger partial charge in [0.25, 0.3) is 0 Å². The maximum atomic E-state index is 12.8. The first-order valence-electron chi connectivity index (χ1n) is 10.5. The molecule has 1 N–H and O–H groups in total. The van der Waals surface area contributed by atoms with Crippen LogP contribution >= 0.6 is 11.3 Å². The van der Waals surface area contributed by atoms with Crippen LogP contribution in [0.4, 0.5) is 5.13 Å². The maximum Gasteiger partial charge on any atom is 0.233 e. The fraction of sp³-hybridized carbons (Fsp3) is 0.591. The number of ether oxygens (including phenoxy) is 1. The zero-order valence-electron chi connectivity index (χ0n) is 15.9. The second-order valence-electron chi connectivity index (χ2n) is 9.42. The van der Waals surface area contributed by atoms with E-state index in [1.165, 1.54) is 38.5 Å². The van der Waals surface area contributed by atoms with Crippen LogP contribution in [0.1, 0.15) is 49.1 Å². The lowest BCUT2D eigenvalue weighted by molar-refractivity contribution is -0.121. The lowest BCUT2D eigenvalue weighted by Crippen LogP contribution is -2.48. The number of carbonyl (C=O) groups is 1. The summed E-state index contributed by atoms with van der Waals surface area (Å²) in [6, 6.07) is 7.95. The Morgan fingerprint density at radius 1 is 1.07 bits per heavy atom. The summed E-state index contributed by atoms with van der Waals surface area (Å²) in [7, 11) is 0. The number of anilines is 1. The number of nitrogens with one attached hydrogen (secondary N) is 1. The minimum Gasteiger partial charge on any atom is -0.492 e. The van der Waals surface area contributed by atoms with Crippen LogP contribution in [0.25, 0.3) is 0 Å². The molecule has 4 saturated carbocycles. The second-order valence-corrected chi connectivity index (χ2v) is 10.4. The van der Waals surface area contributed by atoms with E-state index in [0.717, 1.165) is 34.1 Å². The molecular weight excluding hydrogens is 370 g/mol. The molecule has 4 fully saturated rings. The Labute approximate surface area is 168 Å². The second kappa shape index (κ2) is 6.28. The number of benzene rings is 1. The molecule has 7 rings (SSSR count). The van der Waals surface area contributed by atoms with Gasteiger partial charge in [0.2, 0.25) is 11.0 Å². The zero-order chi connectivity index (χ0) is 18.7. The van der Waals surface area contributed by atoms with Crippen molar-refractivity contribution >= 4 is 22.4 Å².